The lowest BCUT2D eigenvalue weighted by atomic mass is 9.89. The molecular formula is C18H23FN2O. The van der Waals surface area contributed by atoms with Crippen molar-refractivity contribution in [2.45, 2.75) is 45.1 Å². The highest BCUT2D eigenvalue weighted by Crippen LogP contribution is 2.26. The topological polar surface area (TPSA) is 38.1 Å². The van der Waals surface area contributed by atoms with Gasteiger partial charge in [0.1, 0.15) is 5.82 Å². The van der Waals surface area contributed by atoms with Gasteiger partial charge < -0.3 is 5.11 Å². The number of hydrogen-bond donors (Lipinski definition) is 1. The molecule has 3 nitrogen and oxygen atoms in total. The van der Waals surface area contributed by atoms with Gasteiger partial charge >= 0.3 is 0 Å². The molecule has 22 heavy (non-hydrogen) atoms. The molecule has 2 aromatic rings. The van der Waals surface area contributed by atoms with Crippen molar-refractivity contribution in [3.05, 3.63) is 42.0 Å². The van der Waals surface area contributed by atoms with E-state index in [0.29, 0.717) is 12.0 Å². The van der Waals surface area contributed by atoms with Gasteiger partial charge in [0.05, 0.1) is 6.20 Å². The van der Waals surface area contributed by atoms with Crippen LogP contribution in [0.1, 0.15) is 37.7 Å². The molecule has 0 unspecified atom stereocenters. The van der Waals surface area contributed by atoms with E-state index in [1.165, 1.54) is 38.2 Å². The maximum absolute atomic E-state index is 14.0. The number of aliphatic hydroxyl groups is 1. The summed E-state index contributed by atoms with van der Waals surface area (Å²) in [6.45, 7) is 0.931. The molecule has 4 heteroatoms. The van der Waals surface area contributed by atoms with Crippen LogP contribution in [-0.4, -0.2) is 21.5 Å². The van der Waals surface area contributed by atoms with E-state index in [2.05, 4.69) is 5.10 Å². The van der Waals surface area contributed by atoms with Crippen LogP contribution in [0.3, 0.4) is 0 Å². The van der Waals surface area contributed by atoms with E-state index in [0.717, 1.165) is 23.6 Å². The number of hydrogen-bond acceptors (Lipinski definition) is 2. The third-order valence-corrected chi connectivity index (χ3v) is 4.57. The maximum Gasteiger partial charge on any atom is 0.127 e. The van der Waals surface area contributed by atoms with Crippen LogP contribution in [0.15, 0.2) is 30.6 Å². The molecule has 1 N–H and O–H groups in total. The highest BCUT2D eigenvalue weighted by atomic mass is 19.1. The van der Waals surface area contributed by atoms with Crippen LogP contribution < -0.4 is 0 Å². The summed E-state index contributed by atoms with van der Waals surface area (Å²) >= 11 is 0. The molecule has 0 amide bonds. The largest absolute Gasteiger partial charge is 0.396 e. The van der Waals surface area contributed by atoms with Gasteiger partial charge in [-0.3, -0.25) is 4.68 Å². The number of benzene rings is 1. The highest BCUT2D eigenvalue weighted by Gasteiger charge is 2.15. The van der Waals surface area contributed by atoms with Crippen LogP contribution in [0.2, 0.25) is 0 Å². The van der Waals surface area contributed by atoms with Gasteiger partial charge in [0.15, 0.2) is 0 Å². The molecule has 1 saturated carbocycles. The Bertz CT molecular complexity index is 617. The van der Waals surface area contributed by atoms with E-state index < -0.39 is 0 Å². The third-order valence-electron chi connectivity index (χ3n) is 4.57. The Morgan fingerprint density at radius 3 is 2.73 bits per heavy atom. The summed E-state index contributed by atoms with van der Waals surface area (Å²) in [5, 5.41) is 13.3. The normalized spacial score (nSPS) is 16.1. The maximum atomic E-state index is 14.0. The molecule has 0 atom stereocenters. The Labute approximate surface area is 130 Å². The summed E-state index contributed by atoms with van der Waals surface area (Å²) in [6.07, 6.45) is 10.8. The summed E-state index contributed by atoms with van der Waals surface area (Å²) in [6, 6.07) is 5.18. The fraction of sp³-hybridized carbons (Fsp3) is 0.500. The van der Waals surface area contributed by atoms with Crippen LogP contribution in [0.25, 0.3) is 11.1 Å². The monoisotopic (exact) mass is 302 g/mol. The minimum Gasteiger partial charge on any atom is -0.396 e. The number of halogens is 1. The Morgan fingerprint density at radius 1 is 1.18 bits per heavy atom. The molecule has 0 saturated heterocycles. The second-order valence-corrected chi connectivity index (χ2v) is 6.23. The molecule has 1 fully saturated rings. The number of rotatable bonds is 5. The van der Waals surface area contributed by atoms with Gasteiger partial charge in [-0.2, -0.15) is 5.10 Å². The summed E-state index contributed by atoms with van der Waals surface area (Å²) < 4.78 is 16.0. The molecule has 118 valence electrons. The Kier molecular flexibility index (Phi) is 4.88. The first-order valence-electron chi connectivity index (χ1n) is 8.18. The molecule has 1 aromatic heterocycles. The Balaban J connectivity index is 1.71. The van der Waals surface area contributed by atoms with Crippen molar-refractivity contribution >= 4 is 0 Å². The molecule has 1 aromatic carbocycles. The van der Waals surface area contributed by atoms with Crippen LogP contribution in [0.5, 0.6) is 0 Å². The lowest BCUT2D eigenvalue weighted by molar-refractivity contribution is 0.297. The summed E-state index contributed by atoms with van der Waals surface area (Å²) in [7, 11) is 0. The first-order valence-corrected chi connectivity index (χ1v) is 8.18. The van der Waals surface area contributed by atoms with Gasteiger partial charge in [-0.15, -0.1) is 0 Å². The van der Waals surface area contributed by atoms with Crippen molar-refractivity contribution in [2.24, 2.45) is 5.92 Å². The van der Waals surface area contributed by atoms with Crippen LogP contribution in [0.4, 0.5) is 4.39 Å². The fourth-order valence-corrected chi connectivity index (χ4v) is 3.30. The molecular weight excluding hydrogens is 279 g/mol. The standard InChI is InChI=1S/C18H23FN2O/c19-18-10-16(7-6-15(18)8-9-22)17-11-20-21(13-17)12-14-4-2-1-3-5-14/h6-7,10-11,13-14,22H,1-5,8-9,12H2. The smallest absolute Gasteiger partial charge is 0.127 e. The predicted octanol–water partition coefficient (Wildman–Crippen LogP) is 3.80. The molecule has 1 aliphatic rings. The van der Waals surface area contributed by atoms with Crippen LogP contribution in [0, 0.1) is 11.7 Å². The first-order chi connectivity index (χ1) is 10.8. The summed E-state index contributed by atoms with van der Waals surface area (Å²) in [5.74, 6) is 0.469. The zero-order valence-corrected chi connectivity index (χ0v) is 12.8. The molecule has 0 aliphatic heterocycles. The second-order valence-electron chi connectivity index (χ2n) is 6.23. The van der Waals surface area contributed by atoms with Crippen LogP contribution >= 0.6 is 0 Å². The molecule has 1 aliphatic carbocycles. The zero-order valence-electron chi connectivity index (χ0n) is 12.8. The zero-order chi connectivity index (χ0) is 15.4. The quantitative estimate of drug-likeness (QED) is 0.912. The predicted molar refractivity (Wildman–Crippen MR) is 85.0 cm³/mol. The molecule has 0 spiro atoms. The van der Waals surface area contributed by atoms with Crippen molar-refractivity contribution in [1.29, 1.82) is 0 Å². The summed E-state index contributed by atoms with van der Waals surface area (Å²) in [4.78, 5) is 0. The molecule has 1 heterocycles. The van der Waals surface area contributed by atoms with E-state index in [-0.39, 0.29) is 12.4 Å². The number of nitrogens with zero attached hydrogens (tertiary/aromatic N) is 2. The lowest BCUT2D eigenvalue weighted by Gasteiger charge is -2.21. The van der Waals surface area contributed by atoms with Crippen molar-refractivity contribution in [3.63, 3.8) is 0 Å². The highest BCUT2D eigenvalue weighted by molar-refractivity contribution is 5.62. The van der Waals surface area contributed by atoms with E-state index in [1.54, 1.807) is 6.07 Å². The van der Waals surface area contributed by atoms with Crippen molar-refractivity contribution < 1.29 is 9.50 Å². The van der Waals surface area contributed by atoms with Crippen molar-refractivity contribution in [3.8, 4) is 11.1 Å². The van der Waals surface area contributed by atoms with E-state index >= 15 is 0 Å². The Hall–Kier alpha value is -1.68. The van der Waals surface area contributed by atoms with E-state index in [4.69, 9.17) is 5.11 Å². The first kappa shape index (κ1) is 15.2. The Morgan fingerprint density at radius 2 is 2.00 bits per heavy atom. The van der Waals surface area contributed by atoms with Gasteiger partial charge in [-0.1, -0.05) is 31.4 Å². The molecule has 3 rings (SSSR count). The molecule has 0 bridgehead atoms. The van der Waals surface area contributed by atoms with Gasteiger partial charge in [-0.25, -0.2) is 4.39 Å². The average Bonchev–Trinajstić information content (AvgIpc) is 2.99. The van der Waals surface area contributed by atoms with Gasteiger partial charge in [0.25, 0.3) is 0 Å². The molecule has 0 radical (unpaired) electrons. The summed E-state index contributed by atoms with van der Waals surface area (Å²) in [5.41, 5.74) is 2.35. The fourth-order valence-electron chi connectivity index (χ4n) is 3.30. The van der Waals surface area contributed by atoms with Gasteiger partial charge in [0, 0.05) is 24.9 Å². The number of aromatic nitrogens is 2. The van der Waals surface area contributed by atoms with E-state index in [9.17, 15) is 4.39 Å². The van der Waals surface area contributed by atoms with Crippen LogP contribution in [-0.2, 0) is 13.0 Å². The van der Waals surface area contributed by atoms with E-state index in [1.807, 2.05) is 23.1 Å². The number of aliphatic hydroxyl groups excluding tert-OH is 1. The van der Waals surface area contributed by atoms with Crippen molar-refractivity contribution in [2.75, 3.05) is 6.61 Å². The lowest BCUT2D eigenvalue weighted by Crippen LogP contribution is -2.14. The second kappa shape index (κ2) is 7.05. The third kappa shape index (κ3) is 3.55. The SMILES string of the molecule is OCCc1ccc(-c2cnn(CC3CCCCC3)c2)cc1F. The van der Waals surface area contributed by atoms with Crippen molar-refractivity contribution in [1.82, 2.24) is 9.78 Å². The van der Waals surface area contributed by atoms with Gasteiger partial charge in [-0.05, 0) is 42.4 Å². The van der Waals surface area contributed by atoms with Gasteiger partial charge in [0.2, 0.25) is 0 Å². The minimum absolute atomic E-state index is 0.0322. The minimum atomic E-state index is -0.258. The average molecular weight is 302 g/mol.